The molecule has 0 saturated heterocycles. The van der Waals surface area contributed by atoms with Crippen LogP contribution in [0.2, 0.25) is 0 Å². The molecule has 0 radical (unpaired) electrons. The van der Waals surface area contributed by atoms with Crippen molar-refractivity contribution in [3.8, 4) is 5.75 Å². The third kappa shape index (κ3) is 8.86. The summed E-state index contributed by atoms with van der Waals surface area (Å²) in [6, 6.07) is 3.13. The molecule has 2 N–H and O–H groups in total. The van der Waals surface area contributed by atoms with Gasteiger partial charge in [0, 0.05) is 11.3 Å². The lowest BCUT2D eigenvalue weighted by Gasteiger charge is -2.36. The third-order valence-corrected chi connectivity index (χ3v) is 7.22. The standard InChI is InChI=1S/C29H44N2O6/c1-4-5-6-7-8-9-10-11-12-13-14-15-16-18-22-19-17-20-23(37-3)25(22)26-24(27(32)33)21(2)30-28(34)31(26)29(35)36/h17,19-20,24,26H,4-16,18H2,1-3H3,(H,32,33)(H,35,36). The Morgan fingerprint density at radius 1 is 0.919 bits per heavy atom. The van der Waals surface area contributed by atoms with Crippen molar-refractivity contribution in [2.45, 2.75) is 110 Å². The number of carboxylic acids is 1. The summed E-state index contributed by atoms with van der Waals surface area (Å²) < 4.78 is 5.52. The first kappa shape index (κ1) is 30.3. The van der Waals surface area contributed by atoms with E-state index in [1.54, 1.807) is 6.07 Å². The zero-order valence-corrected chi connectivity index (χ0v) is 22.7. The number of carbonyl (C=O) groups is 3. The summed E-state index contributed by atoms with van der Waals surface area (Å²) >= 11 is 0. The van der Waals surface area contributed by atoms with Gasteiger partial charge in [-0.1, -0.05) is 96.1 Å². The van der Waals surface area contributed by atoms with Crippen LogP contribution in [-0.4, -0.2) is 46.0 Å². The van der Waals surface area contributed by atoms with Crippen LogP contribution in [-0.2, 0) is 11.2 Å². The second-order valence-corrected chi connectivity index (χ2v) is 9.97. The summed E-state index contributed by atoms with van der Waals surface area (Å²) in [7, 11) is 1.46. The number of nitrogens with zero attached hydrogens (tertiary/aromatic N) is 2. The van der Waals surface area contributed by atoms with Gasteiger partial charge in [0.15, 0.2) is 0 Å². The van der Waals surface area contributed by atoms with Gasteiger partial charge in [-0.25, -0.2) is 19.5 Å². The zero-order valence-electron chi connectivity index (χ0n) is 22.7. The number of imide groups is 1. The van der Waals surface area contributed by atoms with Crippen LogP contribution in [0.1, 0.15) is 114 Å². The lowest BCUT2D eigenvalue weighted by atomic mass is 9.83. The van der Waals surface area contributed by atoms with E-state index >= 15 is 0 Å². The second-order valence-electron chi connectivity index (χ2n) is 9.97. The minimum Gasteiger partial charge on any atom is -0.496 e. The highest BCUT2D eigenvalue weighted by molar-refractivity contribution is 6.10. The maximum absolute atomic E-state index is 12.5. The maximum atomic E-state index is 12.5. The summed E-state index contributed by atoms with van der Waals surface area (Å²) in [5.74, 6) is -2.14. The number of carboxylic acid groups (broad SMARTS) is 2. The van der Waals surface area contributed by atoms with E-state index in [0.717, 1.165) is 24.8 Å². The van der Waals surface area contributed by atoms with Crippen molar-refractivity contribution in [2.24, 2.45) is 10.9 Å². The van der Waals surface area contributed by atoms with E-state index in [4.69, 9.17) is 4.74 Å². The molecule has 2 rings (SSSR count). The lowest BCUT2D eigenvalue weighted by molar-refractivity contribution is -0.141. The molecular formula is C29H44N2O6. The Morgan fingerprint density at radius 3 is 1.95 bits per heavy atom. The van der Waals surface area contributed by atoms with Gasteiger partial charge in [-0.3, -0.25) is 4.79 Å². The van der Waals surface area contributed by atoms with Gasteiger partial charge in [0.2, 0.25) is 0 Å². The first-order valence-electron chi connectivity index (χ1n) is 13.8. The van der Waals surface area contributed by atoms with Gasteiger partial charge in [-0.05, 0) is 31.4 Å². The Hall–Kier alpha value is -2.90. The predicted octanol–water partition coefficient (Wildman–Crippen LogP) is 7.65. The van der Waals surface area contributed by atoms with Crippen LogP contribution in [0.4, 0.5) is 9.59 Å². The fourth-order valence-electron chi connectivity index (χ4n) is 5.24. The highest BCUT2D eigenvalue weighted by atomic mass is 16.5. The Labute approximate surface area is 221 Å². The SMILES string of the molecule is CCCCCCCCCCCCCCCc1cccc(OC)c1C1C(C(=O)O)C(C)=NC(=O)N1C(=O)O. The van der Waals surface area contributed by atoms with Crippen molar-refractivity contribution in [1.29, 1.82) is 0 Å². The number of ether oxygens (including phenoxy) is 1. The van der Waals surface area contributed by atoms with E-state index in [9.17, 15) is 24.6 Å². The van der Waals surface area contributed by atoms with E-state index in [0.29, 0.717) is 22.6 Å². The molecule has 0 saturated carbocycles. The number of carbonyl (C=O) groups excluding carboxylic acids is 1. The lowest BCUT2D eigenvalue weighted by Crippen LogP contribution is -2.49. The molecule has 206 valence electrons. The van der Waals surface area contributed by atoms with Crippen LogP contribution >= 0.6 is 0 Å². The monoisotopic (exact) mass is 516 g/mol. The Morgan fingerprint density at radius 2 is 1.46 bits per heavy atom. The molecule has 1 heterocycles. The number of benzene rings is 1. The number of aliphatic imine (C=N–C) groups is 1. The van der Waals surface area contributed by atoms with Crippen LogP contribution in [0, 0.1) is 5.92 Å². The van der Waals surface area contributed by atoms with E-state index in [-0.39, 0.29) is 5.71 Å². The van der Waals surface area contributed by atoms with Crippen molar-refractivity contribution >= 4 is 23.8 Å². The Balaban J connectivity index is 1.98. The average Bonchev–Trinajstić information content (AvgIpc) is 2.85. The number of hydrogen-bond donors (Lipinski definition) is 2. The van der Waals surface area contributed by atoms with Crippen LogP contribution in [0.5, 0.6) is 5.75 Å². The van der Waals surface area contributed by atoms with Gasteiger partial charge in [0.05, 0.1) is 13.2 Å². The van der Waals surface area contributed by atoms with E-state index < -0.39 is 30.1 Å². The van der Waals surface area contributed by atoms with E-state index in [1.165, 1.54) is 78.2 Å². The molecule has 0 aromatic heterocycles. The number of urea groups is 1. The number of aryl methyl sites for hydroxylation is 1. The molecule has 0 spiro atoms. The molecule has 2 unspecified atom stereocenters. The van der Waals surface area contributed by atoms with Gasteiger partial charge < -0.3 is 14.9 Å². The zero-order chi connectivity index (χ0) is 27.2. The number of hydrogen-bond acceptors (Lipinski definition) is 4. The highest BCUT2D eigenvalue weighted by Gasteiger charge is 2.47. The topological polar surface area (TPSA) is 117 Å². The average molecular weight is 517 g/mol. The van der Waals surface area contributed by atoms with Crippen LogP contribution in [0.3, 0.4) is 0 Å². The van der Waals surface area contributed by atoms with E-state index in [1.807, 2.05) is 12.1 Å². The number of rotatable bonds is 17. The second kappa shape index (κ2) is 16.0. The molecule has 0 bridgehead atoms. The third-order valence-electron chi connectivity index (χ3n) is 7.22. The first-order valence-corrected chi connectivity index (χ1v) is 13.8. The fourth-order valence-corrected chi connectivity index (χ4v) is 5.24. The van der Waals surface area contributed by atoms with Crippen molar-refractivity contribution in [2.75, 3.05) is 7.11 Å². The quantitative estimate of drug-likeness (QED) is 0.205. The maximum Gasteiger partial charge on any atom is 0.416 e. The Bertz CT molecular complexity index is 929. The largest absolute Gasteiger partial charge is 0.496 e. The molecule has 1 aliphatic heterocycles. The van der Waals surface area contributed by atoms with Gasteiger partial charge in [0.25, 0.3) is 0 Å². The van der Waals surface area contributed by atoms with Crippen molar-refractivity contribution in [3.05, 3.63) is 29.3 Å². The summed E-state index contributed by atoms with van der Waals surface area (Å²) in [5, 5.41) is 19.7. The fraction of sp³-hybridized carbons (Fsp3) is 0.655. The molecule has 8 nitrogen and oxygen atoms in total. The van der Waals surface area contributed by atoms with Gasteiger partial charge in [0.1, 0.15) is 11.7 Å². The number of amides is 3. The molecule has 1 aromatic carbocycles. The molecule has 37 heavy (non-hydrogen) atoms. The molecule has 3 amide bonds. The normalized spacial score (nSPS) is 17.5. The van der Waals surface area contributed by atoms with E-state index in [2.05, 4.69) is 11.9 Å². The summed E-state index contributed by atoms with van der Waals surface area (Å²) in [6.45, 7) is 3.69. The van der Waals surface area contributed by atoms with Crippen LogP contribution in [0.15, 0.2) is 23.2 Å². The number of unbranched alkanes of at least 4 members (excludes halogenated alkanes) is 12. The molecule has 1 aromatic rings. The molecule has 8 heteroatoms. The molecule has 2 atom stereocenters. The first-order chi connectivity index (χ1) is 17.8. The minimum atomic E-state index is -1.53. The summed E-state index contributed by atoms with van der Waals surface area (Å²) in [4.78, 5) is 40.9. The molecule has 1 aliphatic rings. The number of aliphatic carboxylic acids is 1. The molecule has 0 fully saturated rings. The molecular weight excluding hydrogens is 472 g/mol. The van der Waals surface area contributed by atoms with Crippen molar-refractivity contribution < 1.29 is 29.3 Å². The summed E-state index contributed by atoms with van der Waals surface area (Å²) in [6.07, 6.45) is 15.2. The van der Waals surface area contributed by atoms with Gasteiger partial charge in [-0.15, -0.1) is 0 Å². The van der Waals surface area contributed by atoms with Gasteiger partial charge >= 0.3 is 18.1 Å². The van der Waals surface area contributed by atoms with Crippen molar-refractivity contribution in [3.63, 3.8) is 0 Å². The minimum absolute atomic E-state index is 0.0813. The van der Waals surface area contributed by atoms with Crippen LogP contribution in [0.25, 0.3) is 0 Å². The highest BCUT2D eigenvalue weighted by Crippen LogP contribution is 2.41. The Kier molecular flexibility index (Phi) is 13.2. The van der Waals surface area contributed by atoms with Crippen molar-refractivity contribution in [1.82, 2.24) is 4.90 Å². The predicted molar refractivity (Wildman–Crippen MR) is 145 cm³/mol. The van der Waals surface area contributed by atoms with Gasteiger partial charge in [-0.2, -0.15) is 0 Å². The van der Waals surface area contributed by atoms with Crippen LogP contribution < -0.4 is 4.74 Å². The molecule has 0 aliphatic carbocycles. The smallest absolute Gasteiger partial charge is 0.416 e. The summed E-state index contributed by atoms with van der Waals surface area (Å²) in [5.41, 5.74) is 1.31. The number of methoxy groups -OCH3 is 1.